The van der Waals surface area contributed by atoms with Gasteiger partial charge in [-0.2, -0.15) is 4.98 Å². The lowest BCUT2D eigenvalue weighted by atomic mass is 10.1. The molecule has 26 heavy (non-hydrogen) atoms. The number of carbonyl (C=O) groups is 1. The molecular weight excluding hydrogens is 394 g/mol. The van der Waals surface area contributed by atoms with E-state index in [0.29, 0.717) is 37.5 Å². The summed E-state index contributed by atoms with van der Waals surface area (Å²) in [6.45, 7) is 0.559. The van der Waals surface area contributed by atoms with Crippen LogP contribution in [0.25, 0.3) is 0 Å². The number of aromatic nitrogens is 2. The Bertz CT molecular complexity index is 864. The molecular formula is C20H20BrN3O2. The molecule has 6 heteroatoms. The van der Waals surface area contributed by atoms with Gasteiger partial charge in [-0.3, -0.25) is 4.79 Å². The SMILES string of the molecule is CN(Cc1ccccc1Br)C(=O)CCc1nc(Cc2ccccc2)no1. The van der Waals surface area contributed by atoms with Crippen LogP contribution in [0, 0.1) is 0 Å². The van der Waals surface area contributed by atoms with E-state index in [1.807, 2.05) is 54.6 Å². The predicted molar refractivity (Wildman–Crippen MR) is 102 cm³/mol. The summed E-state index contributed by atoms with van der Waals surface area (Å²) in [7, 11) is 1.80. The number of hydrogen-bond acceptors (Lipinski definition) is 4. The molecule has 1 amide bonds. The first kappa shape index (κ1) is 18.3. The van der Waals surface area contributed by atoms with Crippen molar-refractivity contribution in [2.75, 3.05) is 7.05 Å². The number of benzene rings is 2. The molecule has 3 rings (SSSR count). The predicted octanol–water partition coefficient (Wildman–Crippen LogP) is 4.01. The lowest BCUT2D eigenvalue weighted by molar-refractivity contribution is -0.130. The molecule has 0 radical (unpaired) electrons. The molecule has 0 saturated heterocycles. The van der Waals surface area contributed by atoms with Crippen LogP contribution in [0.4, 0.5) is 0 Å². The van der Waals surface area contributed by atoms with Crippen LogP contribution in [-0.2, 0) is 24.2 Å². The molecule has 2 aromatic carbocycles. The highest BCUT2D eigenvalue weighted by atomic mass is 79.9. The second-order valence-corrected chi connectivity index (χ2v) is 6.96. The minimum atomic E-state index is 0.0450. The van der Waals surface area contributed by atoms with E-state index in [9.17, 15) is 4.79 Å². The largest absolute Gasteiger partial charge is 0.341 e. The van der Waals surface area contributed by atoms with Crippen LogP contribution in [0.15, 0.2) is 63.6 Å². The number of hydrogen-bond donors (Lipinski definition) is 0. The van der Waals surface area contributed by atoms with Crippen molar-refractivity contribution in [2.24, 2.45) is 0 Å². The Hall–Kier alpha value is -2.47. The molecule has 134 valence electrons. The first-order valence-corrected chi connectivity index (χ1v) is 9.24. The summed E-state index contributed by atoms with van der Waals surface area (Å²) in [5, 5.41) is 4.00. The zero-order chi connectivity index (χ0) is 18.4. The summed E-state index contributed by atoms with van der Waals surface area (Å²) in [6, 6.07) is 17.9. The average molecular weight is 414 g/mol. The van der Waals surface area contributed by atoms with Gasteiger partial charge in [-0.05, 0) is 17.2 Å². The van der Waals surface area contributed by atoms with Gasteiger partial charge >= 0.3 is 0 Å². The van der Waals surface area contributed by atoms with E-state index >= 15 is 0 Å². The van der Waals surface area contributed by atoms with Gasteiger partial charge in [0.15, 0.2) is 5.82 Å². The highest BCUT2D eigenvalue weighted by molar-refractivity contribution is 9.10. The molecule has 0 bridgehead atoms. The maximum atomic E-state index is 12.4. The van der Waals surface area contributed by atoms with Gasteiger partial charge < -0.3 is 9.42 Å². The molecule has 3 aromatic rings. The van der Waals surface area contributed by atoms with Crippen LogP contribution in [-0.4, -0.2) is 28.0 Å². The molecule has 0 saturated carbocycles. The number of rotatable bonds is 7. The summed E-state index contributed by atoms with van der Waals surface area (Å²) in [5.41, 5.74) is 2.20. The fraction of sp³-hybridized carbons (Fsp3) is 0.250. The van der Waals surface area contributed by atoms with E-state index in [1.54, 1.807) is 11.9 Å². The average Bonchev–Trinajstić information content (AvgIpc) is 3.09. The minimum Gasteiger partial charge on any atom is -0.341 e. The Morgan fingerprint density at radius 2 is 1.85 bits per heavy atom. The van der Waals surface area contributed by atoms with Gasteiger partial charge in [-0.1, -0.05) is 69.6 Å². The lowest BCUT2D eigenvalue weighted by Crippen LogP contribution is -2.26. The number of nitrogens with zero attached hydrogens (tertiary/aromatic N) is 3. The van der Waals surface area contributed by atoms with Crippen molar-refractivity contribution in [1.29, 1.82) is 0 Å². The van der Waals surface area contributed by atoms with Crippen molar-refractivity contribution < 1.29 is 9.32 Å². The second kappa shape index (κ2) is 8.76. The molecule has 0 unspecified atom stereocenters. The maximum Gasteiger partial charge on any atom is 0.227 e. The Morgan fingerprint density at radius 3 is 2.62 bits per heavy atom. The van der Waals surface area contributed by atoms with Gasteiger partial charge in [0.2, 0.25) is 11.8 Å². The summed E-state index contributed by atoms with van der Waals surface area (Å²) in [6.07, 6.45) is 1.41. The third kappa shape index (κ3) is 5.02. The van der Waals surface area contributed by atoms with Crippen LogP contribution >= 0.6 is 15.9 Å². The van der Waals surface area contributed by atoms with Crippen molar-refractivity contribution in [1.82, 2.24) is 15.0 Å². The third-order valence-electron chi connectivity index (χ3n) is 4.06. The van der Waals surface area contributed by atoms with Crippen LogP contribution < -0.4 is 0 Å². The van der Waals surface area contributed by atoms with Gasteiger partial charge in [-0.15, -0.1) is 0 Å². The topological polar surface area (TPSA) is 59.2 Å². The first-order chi connectivity index (χ1) is 12.6. The zero-order valence-corrected chi connectivity index (χ0v) is 16.1. The highest BCUT2D eigenvalue weighted by Gasteiger charge is 2.14. The molecule has 0 aliphatic rings. The van der Waals surface area contributed by atoms with E-state index < -0.39 is 0 Å². The normalized spacial score (nSPS) is 10.7. The molecule has 1 aromatic heterocycles. The van der Waals surface area contributed by atoms with Crippen molar-refractivity contribution >= 4 is 21.8 Å². The zero-order valence-electron chi connectivity index (χ0n) is 14.6. The van der Waals surface area contributed by atoms with E-state index in [1.165, 1.54) is 0 Å². The Balaban J connectivity index is 1.51. The van der Waals surface area contributed by atoms with E-state index in [-0.39, 0.29) is 5.91 Å². The van der Waals surface area contributed by atoms with Crippen LogP contribution in [0.3, 0.4) is 0 Å². The highest BCUT2D eigenvalue weighted by Crippen LogP contribution is 2.17. The summed E-state index contributed by atoms with van der Waals surface area (Å²) >= 11 is 3.51. The molecule has 1 heterocycles. The fourth-order valence-electron chi connectivity index (χ4n) is 2.62. The first-order valence-electron chi connectivity index (χ1n) is 8.44. The van der Waals surface area contributed by atoms with Crippen molar-refractivity contribution in [3.63, 3.8) is 0 Å². The van der Waals surface area contributed by atoms with Gasteiger partial charge in [0.1, 0.15) is 0 Å². The van der Waals surface area contributed by atoms with E-state index in [2.05, 4.69) is 26.1 Å². The smallest absolute Gasteiger partial charge is 0.227 e. The Kier molecular flexibility index (Phi) is 6.17. The summed E-state index contributed by atoms with van der Waals surface area (Å²) < 4.78 is 6.27. The quantitative estimate of drug-likeness (QED) is 0.586. The number of amides is 1. The standard InChI is InChI=1S/C20H20BrN3O2/c1-24(14-16-9-5-6-10-17(16)21)20(25)12-11-19-22-18(23-26-19)13-15-7-3-2-4-8-15/h2-10H,11-14H2,1H3. The fourth-order valence-corrected chi connectivity index (χ4v) is 3.03. The Morgan fingerprint density at radius 1 is 1.12 bits per heavy atom. The third-order valence-corrected chi connectivity index (χ3v) is 4.83. The van der Waals surface area contributed by atoms with E-state index in [0.717, 1.165) is 15.6 Å². The van der Waals surface area contributed by atoms with Crippen LogP contribution in [0.5, 0.6) is 0 Å². The molecule has 0 N–H and O–H groups in total. The molecule has 0 aliphatic carbocycles. The van der Waals surface area contributed by atoms with Gasteiger partial charge in [-0.25, -0.2) is 0 Å². The van der Waals surface area contributed by atoms with Crippen LogP contribution in [0.2, 0.25) is 0 Å². The van der Waals surface area contributed by atoms with Crippen molar-refractivity contribution in [2.45, 2.75) is 25.8 Å². The molecule has 0 spiro atoms. The van der Waals surface area contributed by atoms with Crippen molar-refractivity contribution in [3.8, 4) is 0 Å². The summed E-state index contributed by atoms with van der Waals surface area (Å²) in [5.74, 6) is 1.18. The summed E-state index contributed by atoms with van der Waals surface area (Å²) in [4.78, 5) is 18.4. The van der Waals surface area contributed by atoms with Gasteiger partial charge in [0.05, 0.1) is 0 Å². The number of carbonyl (C=O) groups excluding carboxylic acids is 1. The molecule has 5 nitrogen and oxygen atoms in total. The number of halogens is 1. The minimum absolute atomic E-state index is 0.0450. The van der Waals surface area contributed by atoms with Gasteiger partial charge in [0.25, 0.3) is 0 Å². The molecule has 0 atom stereocenters. The van der Waals surface area contributed by atoms with Crippen LogP contribution in [0.1, 0.15) is 29.3 Å². The van der Waals surface area contributed by atoms with Gasteiger partial charge in [0, 0.05) is 37.3 Å². The number of aryl methyl sites for hydroxylation is 1. The molecule has 0 aliphatic heterocycles. The molecule has 0 fully saturated rings. The van der Waals surface area contributed by atoms with Crippen molar-refractivity contribution in [3.05, 3.63) is 81.9 Å². The second-order valence-electron chi connectivity index (χ2n) is 6.11. The monoisotopic (exact) mass is 413 g/mol. The van der Waals surface area contributed by atoms with E-state index in [4.69, 9.17) is 4.52 Å². The lowest BCUT2D eigenvalue weighted by Gasteiger charge is -2.17. The Labute approximate surface area is 161 Å². The maximum absolute atomic E-state index is 12.4.